The first kappa shape index (κ1) is 20.6. The van der Waals surface area contributed by atoms with E-state index in [-0.39, 0.29) is 29.9 Å². The number of likely N-dealkylation sites (tertiary alicyclic amines) is 1. The average Bonchev–Trinajstić information content (AvgIpc) is 3.12. The predicted octanol–water partition coefficient (Wildman–Crippen LogP) is 3.69. The molecule has 1 N–H and O–H groups in total. The van der Waals surface area contributed by atoms with Crippen LogP contribution in [0.3, 0.4) is 0 Å². The van der Waals surface area contributed by atoms with Crippen molar-refractivity contribution < 1.29 is 9.90 Å². The van der Waals surface area contributed by atoms with E-state index >= 15 is 0 Å². The second-order valence-corrected chi connectivity index (χ2v) is 8.21. The molecule has 1 fully saturated rings. The summed E-state index contributed by atoms with van der Waals surface area (Å²) in [5.41, 5.74) is 2.20. The number of likely N-dealkylation sites (N-methyl/N-ethyl adjacent to an activating group) is 1. The minimum absolute atomic E-state index is 0.0380. The number of rotatable bonds is 7. The molecule has 4 nitrogen and oxygen atoms in total. The molecule has 150 valence electrons. The lowest BCUT2D eigenvalue weighted by Crippen LogP contribution is -2.42. The highest BCUT2D eigenvalue weighted by molar-refractivity contribution is 5.84. The molecular formula is C24H32N2O2. The third kappa shape index (κ3) is 4.81. The zero-order valence-corrected chi connectivity index (χ0v) is 17.2. The summed E-state index contributed by atoms with van der Waals surface area (Å²) in [6.45, 7) is 6.51. The van der Waals surface area contributed by atoms with E-state index in [9.17, 15) is 9.90 Å². The summed E-state index contributed by atoms with van der Waals surface area (Å²) in [4.78, 5) is 17.8. The Bertz CT molecular complexity index is 748. The van der Waals surface area contributed by atoms with Gasteiger partial charge in [-0.1, -0.05) is 74.5 Å². The fourth-order valence-electron chi connectivity index (χ4n) is 4.20. The zero-order chi connectivity index (χ0) is 20.1. The number of hydrogen-bond acceptors (Lipinski definition) is 3. The van der Waals surface area contributed by atoms with Crippen LogP contribution in [0.2, 0.25) is 0 Å². The van der Waals surface area contributed by atoms with Crippen molar-refractivity contribution in [2.45, 2.75) is 38.3 Å². The van der Waals surface area contributed by atoms with Gasteiger partial charge in [0.05, 0.1) is 18.1 Å². The van der Waals surface area contributed by atoms with Crippen molar-refractivity contribution in [2.24, 2.45) is 5.92 Å². The summed E-state index contributed by atoms with van der Waals surface area (Å²) >= 11 is 0. The Kier molecular flexibility index (Phi) is 6.87. The highest BCUT2D eigenvalue weighted by Crippen LogP contribution is 2.31. The van der Waals surface area contributed by atoms with Gasteiger partial charge in [0, 0.05) is 26.7 Å². The van der Waals surface area contributed by atoms with E-state index in [0.29, 0.717) is 6.54 Å². The van der Waals surface area contributed by atoms with Crippen molar-refractivity contribution in [3.8, 4) is 0 Å². The lowest BCUT2D eigenvalue weighted by atomic mass is 9.86. The Morgan fingerprint density at radius 3 is 2.14 bits per heavy atom. The maximum absolute atomic E-state index is 13.6. The van der Waals surface area contributed by atoms with Gasteiger partial charge in [0.25, 0.3) is 0 Å². The molecule has 1 aliphatic rings. The topological polar surface area (TPSA) is 43.8 Å². The van der Waals surface area contributed by atoms with Gasteiger partial charge in [0.1, 0.15) is 0 Å². The van der Waals surface area contributed by atoms with Crippen LogP contribution in [0, 0.1) is 5.92 Å². The van der Waals surface area contributed by atoms with Crippen LogP contribution in [0.25, 0.3) is 0 Å². The quantitative estimate of drug-likeness (QED) is 0.797. The van der Waals surface area contributed by atoms with Gasteiger partial charge in [-0.25, -0.2) is 0 Å². The molecule has 0 spiro atoms. The molecule has 3 rings (SSSR count). The van der Waals surface area contributed by atoms with E-state index in [1.54, 1.807) is 0 Å². The fraction of sp³-hybridized carbons (Fsp3) is 0.458. The van der Waals surface area contributed by atoms with Crippen LogP contribution in [0.5, 0.6) is 0 Å². The number of benzene rings is 2. The number of amides is 1. The van der Waals surface area contributed by atoms with Crippen molar-refractivity contribution in [3.63, 3.8) is 0 Å². The molecule has 28 heavy (non-hydrogen) atoms. The number of nitrogens with zero attached hydrogens (tertiary/aromatic N) is 2. The molecule has 1 heterocycles. The van der Waals surface area contributed by atoms with Gasteiger partial charge in [-0.05, 0) is 23.5 Å². The fourth-order valence-corrected chi connectivity index (χ4v) is 4.20. The van der Waals surface area contributed by atoms with E-state index in [4.69, 9.17) is 0 Å². The number of aliphatic hydroxyl groups excluding tert-OH is 1. The van der Waals surface area contributed by atoms with Crippen molar-refractivity contribution >= 4 is 5.91 Å². The molecule has 0 aromatic heterocycles. The summed E-state index contributed by atoms with van der Waals surface area (Å²) < 4.78 is 0. The largest absolute Gasteiger partial charge is 0.392 e. The van der Waals surface area contributed by atoms with Crippen molar-refractivity contribution in [1.29, 1.82) is 0 Å². The Hall–Kier alpha value is -2.17. The summed E-state index contributed by atoms with van der Waals surface area (Å²) in [5, 5.41) is 9.92. The van der Waals surface area contributed by atoms with Crippen molar-refractivity contribution in [1.82, 2.24) is 9.80 Å². The normalized spacial score (nSPS) is 19.5. The molecule has 4 heteroatoms. The molecule has 0 bridgehead atoms. The smallest absolute Gasteiger partial charge is 0.230 e. The van der Waals surface area contributed by atoms with E-state index < -0.39 is 0 Å². The molecule has 1 aliphatic heterocycles. The third-order valence-electron chi connectivity index (χ3n) is 5.77. The predicted molar refractivity (Wildman–Crippen MR) is 113 cm³/mol. The van der Waals surface area contributed by atoms with Crippen LogP contribution < -0.4 is 0 Å². The molecule has 0 radical (unpaired) electrons. The van der Waals surface area contributed by atoms with E-state index in [1.807, 2.05) is 60.5 Å². The van der Waals surface area contributed by atoms with Gasteiger partial charge in [0.15, 0.2) is 0 Å². The number of aliphatic hydroxyl groups is 1. The second-order valence-electron chi connectivity index (χ2n) is 8.21. The molecular weight excluding hydrogens is 348 g/mol. The van der Waals surface area contributed by atoms with Gasteiger partial charge in [-0.2, -0.15) is 0 Å². The third-order valence-corrected chi connectivity index (χ3v) is 5.77. The molecule has 1 unspecified atom stereocenters. The van der Waals surface area contributed by atoms with Gasteiger partial charge < -0.3 is 10.0 Å². The Labute approximate surface area is 168 Å². The highest BCUT2D eigenvalue weighted by Gasteiger charge is 2.33. The van der Waals surface area contributed by atoms with Gasteiger partial charge in [-0.3, -0.25) is 9.69 Å². The van der Waals surface area contributed by atoms with Gasteiger partial charge in [-0.15, -0.1) is 0 Å². The Balaban J connectivity index is 1.86. The first-order valence-electron chi connectivity index (χ1n) is 10.2. The van der Waals surface area contributed by atoms with Crippen LogP contribution in [0.1, 0.15) is 43.4 Å². The average molecular weight is 381 g/mol. The highest BCUT2D eigenvalue weighted by atomic mass is 16.3. The van der Waals surface area contributed by atoms with E-state index in [0.717, 1.165) is 30.6 Å². The molecule has 1 saturated heterocycles. The van der Waals surface area contributed by atoms with Gasteiger partial charge >= 0.3 is 0 Å². The van der Waals surface area contributed by atoms with Crippen molar-refractivity contribution in [2.75, 3.05) is 26.7 Å². The summed E-state index contributed by atoms with van der Waals surface area (Å²) in [6, 6.07) is 20.3. The molecule has 0 aliphatic carbocycles. The van der Waals surface area contributed by atoms with Crippen LogP contribution in [0.15, 0.2) is 60.7 Å². The van der Waals surface area contributed by atoms with Crippen molar-refractivity contribution in [3.05, 3.63) is 71.8 Å². The van der Waals surface area contributed by atoms with Gasteiger partial charge in [0.2, 0.25) is 5.91 Å². The second kappa shape index (κ2) is 9.35. The zero-order valence-electron chi connectivity index (χ0n) is 17.2. The summed E-state index contributed by atoms with van der Waals surface area (Å²) in [5.74, 6) is 0.193. The maximum Gasteiger partial charge on any atom is 0.230 e. The first-order chi connectivity index (χ1) is 13.5. The molecule has 0 saturated carbocycles. The van der Waals surface area contributed by atoms with E-state index in [2.05, 4.69) is 30.9 Å². The molecule has 2 aromatic carbocycles. The lowest BCUT2D eigenvalue weighted by molar-refractivity contribution is -0.135. The monoisotopic (exact) mass is 380 g/mol. The number of hydrogen-bond donors (Lipinski definition) is 1. The SMILES string of the molecule is CC(C)C(C(=O)N(C)[C@H](CN1CC[C@H](O)C1)c1ccccc1)c1ccccc1. The maximum atomic E-state index is 13.6. The van der Waals surface area contributed by atoms with E-state index in [1.165, 1.54) is 0 Å². The number of β-amino-alcohol motifs (C(OH)–C–C–N with tert-alkyl or cyclic N) is 1. The molecule has 3 atom stereocenters. The standard InChI is InChI=1S/C24H32N2O2/c1-18(2)23(20-12-8-5-9-13-20)24(28)25(3)22(19-10-6-4-7-11-19)17-26-15-14-21(27)16-26/h4-13,18,21-23,27H,14-17H2,1-3H3/t21-,22+,23?/m0/s1. The molecule has 1 amide bonds. The minimum Gasteiger partial charge on any atom is -0.392 e. The number of carbonyl (C=O) groups excluding carboxylic acids is 1. The van der Waals surface area contributed by atoms with Crippen LogP contribution >= 0.6 is 0 Å². The Morgan fingerprint density at radius 2 is 1.64 bits per heavy atom. The van der Waals surface area contributed by atoms with Crippen LogP contribution in [0.4, 0.5) is 0 Å². The van der Waals surface area contributed by atoms with Crippen LogP contribution in [-0.2, 0) is 4.79 Å². The number of carbonyl (C=O) groups is 1. The molecule has 2 aromatic rings. The summed E-state index contributed by atoms with van der Waals surface area (Å²) in [7, 11) is 1.92. The first-order valence-corrected chi connectivity index (χ1v) is 10.2. The van der Waals surface area contributed by atoms with Crippen LogP contribution in [-0.4, -0.2) is 53.6 Å². The lowest BCUT2D eigenvalue weighted by Gasteiger charge is -2.35. The minimum atomic E-state index is -0.259. The summed E-state index contributed by atoms with van der Waals surface area (Å²) in [6.07, 6.45) is 0.544. The Morgan fingerprint density at radius 1 is 1.07 bits per heavy atom.